The van der Waals surface area contributed by atoms with Gasteiger partial charge in [0, 0.05) is 54.9 Å². The van der Waals surface area contributed by atoms with Gasteiger partial charge in [-0.25, -0.2) is 0 Å². The van der Waals surface area contributed by atoms with E-state index < -0.39 is 0 Å². The third-order valence-electron chi connectivity index (χ3n) is 5.79. The first-order chi connectivity index (χ1) is 11.6. The van der Waals surface area contributed by atoms with Crippen molar-refractivity contribution in [2.45, 2.75) is 39.3 Å². The Hall–Kier alpha value is -2.13. The van der Waals surface area contributed by atoms with Crippen molar-refractivity contribution in [3.05, 3.63) is 64.1 Å². The van der Waals surface area contributed by atoms with Crippen LogP contribution in [-0.4, -0.2) is 28.0 Å². The van der Waals surface area contributed by atoms with Gasteiger partial charge in [-0.2, -0.15) is 0 Å². The zero-order chi connectivity index (χ0) is 16.4. The number of aryl methyl sites for hydroxylation is 2. The Morgan fingerprint density at radius 2 is 2.04 bits per heavy atom. The van der Waals surface area contributed by atoms with Gasteiger partial charge in [0.2, 0.25) is 0 Å². The number of rotatable bonds is 1. The lowest BCUT2D eigenvalue weighted by molar-refractivity contribution is 0.309. The number of nitrogens with zero attached hydrogens (tertiary/aromatic N) is 3. The molecule has 2 aliphatic rings. The average Bonchev–Trinajstić information content (AvgIpc) is 3.07. The maximum Gasteiger partial charge on any atom is 0.0525 e. The lowest BCUT2D eigenvalue weighted by atomic mass is 9.90. The number of likely N-dealkylation sites (N-methyl/N-ethyl adjacent to an activating group) is 1. The Kier molecular flexibility index (Phi) is 2.93. The van der Waals surface area contributed by atoms with Crippen LogP contribution in [0.3, 0.4) is 0 Å². The van der Waals surface area contributed by atoms with E-state index in [1.165, 1.54) is 27.6 Å². The van der Waals surface area contributed by atoms with Crippen LogP contribution in [0.2, 0.25) is 0 Å². The number of hydrogen-bond acceptors (Lipinski definition) is 2. The zero-order valence-corrected chi connectivity index (χ0v) is 14.6. The third-order valence-corrected chi connectivity index (χ3v) is 5.79. The predicted octanol–water partition coefficient (Wildman–Crippen LogP) is 3.79. The molecule has 0 fully saturated rings. The van der Waals surface area contributed by atoms with Crippen LogP contribution in [0.4, 0.5) is 0 Å². The molecule has 1 unspecified atom stereocenters. The van der Waals surface area contributed by atoms with Crippen LogP contribution in [0.1, 0.15) is 39.6 Å². The quantitative estimate of drug-likeness (QED) is 0.681. The molecule has 2 aromatic heterocycles. The molecule has 122 valence electrons. The molecule has 1 aromatic carbocycles. The Bertz CT molecular complexity index is 950. The number of benzene rings is 1. The summed E-state index contributed by atoms with van der Waals surface area (Å²) in [5, 5.41) is 1.48. The molecule has 0 bridgehead atoms. The minimum atomic E-state index is 0.445. The second kappa shape index (κ2) is 4.93. The highest BCUT2D eigenvalue weighted by molar-refractivity contribution is 5.91. The van der Waals surface area contributed by atoms with Gasteiger partial charge >= 0.3 is 0 Å². The van der Waals surface area contributed by atoms with Crippen LogP contribution < -0.4 is 0 Å². The minimum absolute atomic E-state index is 0.445. The van der Waals surface area contributed by atoms with Crippen LogP contribution in [0.25, 0.3) is 10.9 Å². The van der Waals surface area contributed by atoms with Crippen molar-refractivity contribution in [1.82, 2.24) is 14.5 Å². The number of fused-ring (bicyclic) bond motifs is 3. The molecule has 2 aliphatic heterocycles. The first-order valence-electron chi connectivity index (χ1n) is 8.87. The molecule has 5 rings (SSSR count). The largest absolute Gasteiger partial charge is 0.343 e. The maximum absolute atomic E-state index is 4.54. The summed E-state index contributed by atoms with van der Waals surface area (Å²) >= 11 is 0. The Morgan fingerprint density at radius 1 is 1.17 bits per heavy atom. The molecule has 3 nitrogen and oxygen atoms in total. The summed E-state index contributed by atoms with van der Waals surface area (Å²) in [7, 11) is 2.23. The summed E-state index contributed by atoms with van der Waals surface area (Å²) < 4.78 is 2.61. The van der Waals surface area contributed by atoms with Gasteiger partial charge in [0.25, 0.3) is 0 Å². The van der Waals surface area contributed by atoms with Crippen molar-refractivity contribution in [2.24, 2.45) is 0 Å². The van der Waals surface area contributed by atoms with Gasteiger partial charge < -0.3 is 9.47 Å². The summed E-state index contributed by atoms with van der Waals surface area (Å²) in [6.07, 6.45) is 3.23. The van der Waals surface area contributed by atoms with Gasteiger partial charge in [-0.15, -0.1) is 0 Å². The molecule has 0 saturated heterocycles. The van der Waals surface area contributed by atoms with Crippen molar-refractivity contribution in [2.75, 3.05) is 13.6 Å². The highest BCUT2D eigenvalue weighted by atomic mass is 15.1. The van der Waals surface area contributed by atoms with Gasteiger partial charge in [-0.1, -0.05) is 17.7 Å². The summed E-state index contributed by atoms with van der Waals surface area (Å²) in [6, 6.07) is 9.18. The topological polar surface area (TPSA) is 21.1 Å². The molecular formula is C21H23N3. The van der Waals surface area contributed by atoms with Crippen LogP contribution >= 0.6 is 0 Å². The van der Waals surface area contributed by atoms with Crippen molar-refractivity contribution in [3.8, 4) is 0 Å². The van der Waals surface area contributed by atoms with Gasteiger partial charge in [-0.3, -0.25) is 4.98 Å². The predicted molar refractivity (Wildman–Crippen MR) is 97.5 cm³/mol. The van der Waals surface area contributed by atoms with E-state index in [9.17, 15) is 0 Å². The second-order valence-corrected chi connectivity index (χ2v) is 7.56. The molecule has 3 heteroatoms. The van der Waals surface area contributed by atoms with E-state index in [0.29, 0.717) is 5.92 Å². The highest BCUT2D eigenvalue weighted by Gasteiger charge is 2.32. The number of aromatic nitrogens is 2. The van der Waals surface area contributed by atoms with E-state index >= 15 is 0 Å². The van der Waals surface area contributed by atoms with E-state index in [4.69, 9.17) is 0 Å². The van der Waals surface area contributed by atoms with Gasteiger partial charge in [0.05, 0.1) is 5.52 Å². The molecule has 24 heavy (non-hydrogen) atoms. The Labute approximate surface area is 142 Å². The summed E-state index contributed by atoms with van der Waals surface area (Å²) in [5.41, 5.74) is 9.91. The van der Waals surface area contributed by atoms with Gasteiger partial charge in [-0.05, 0) is 49.7 Å². The van der Waals surface area contributed by atoms with E-state index in [1.807, 2.05) is 0 Å². The standard InChI is InChI=1S/C21H23N3/c1-13-8-16-18(15-5-4-14(2)22-10-15)12-24-20-6-7-23(3)11-19(20)17(9-13)21(16)24/h4-5,8-10,18H,6-7,11-12H2,1-3H3. The van der Waals surface area contributed by atoms with Crippen molar-refractivity contribution in [3.63, 3.8) is 0 Å². The molecule has 0 spiro atoms. The fraction of sp³-hybridized carbons (Fsp3) is 0.381. The Morgan fingerprint density at radius 3 is 2.83 bits per heavy atom. The number of pyridine rings is 1. The normalized spacial score (nSPS) is 19.9. The summed E-state index contributed by atoms with van der Waals surface area (Å²) in [6.45, 7) is 7.60. The van der Waals surface area contributed by atoms with Gasteiger partial charge in [0.15, 0.2) is 0 Å². The van der Waals surface area contributed by atoms with Crippen LogP contribution in [-0.2, 0) is 19.5 Å². The average molecular weight is 317 g/mol. The van der Waals surface area contributed by atoms with E-state index in [1.54, 1.807) is 11.3 Å². The fourth-order valence-electron chi connectivity index (χ4n) is 4.62. The first-order valence-corrected chi connectivity index (χ1v) is 8.87. The smallest absolute Gasteiger partial charge is 0.0525 e. The van der Waals surface area contributed by atoms with E-state index in [-0.39, 0.29) is 0 Å². The third kappa shape index (κ3) is 1.91. The molecular weight excluding hydrogens is 294 g/mol. The molecule has 3 aromatic rings. The van der Waals surface area contributed by atoms with Crippen molar-refractivity contribution >= 4 is 10.9 Å². The molecule has 0 saturated carbocycles. The van der Waals surface area contributed by atoms with Crippen LogP contribution in [0.15, 0.2) is 30.5 Å². The SMILES string of the molecule is Cc1cc2c3c(c1)c1c(n3CC2c2ccc(C)nc2)CCN(C)C1. The fourth-order valence-corrected chi connectivity index (χ4v) is 4.62. The number of hydrogen-bond donors (Lipinski definition) is 0. The van der Waals surface area contributed by atoms with Crippen molar-refractivity contribution in [1.29, 1.82) is 0 Å². The van der Waals surface area contributed by atoms with Gasteiger partial charge in [0.1, 0.15) is 0 Å². The Balaban J connectivity index is 1.73. The molecule has 4 heterocycles. The summed E-state index contributed by atoms with van der Waals surface area (Å²) in [4.78, 5) is 6.98. The monoisotopic (exact) mass is 317 g/mol. The minimum Gasteiger partial charge on any atom is -0.343 e. The van der Waals surface area contributed by atoms with E-state index in [2.05, 4.69) is 65.8 Å². The lowest BCUT2D eigenvalue weighted by Crippen LogP contribution is -2.27. The maximum atomic E-state index is 4.54. The zero-order valence-electron chi connectivity index (χ0n) is 14.6. The summed E-state index contributed by atoms with van der Waals surface area (Å²) in [5.74, 6) is 0.445. The second-order valence-electron chi connectivity index (χ2n) is 7.56. The first kappa shape index (κ1) is 14.2. The molecule has 0 amide bonds. The molecule has 0 aliphatic carbocycles. The van der Waals surface area contributed by atoms with E-state index in [0.717, 1.165) is 31.7 Å². The molecule has 0 N–H and O–H groups in total. The molecule has 1 atom stereocenters. The lowest BCUT2D eigenvalue weighted by Gasteiger charge is -2.25. The highest BCUT2D eigenvalue weighted by Crippen LogP contribution is 2.44. The molecule has 0 radical (unpaired) electrons. The van der Waals surface area contributed by atoms with Crippen molar-refractivity contribution < 1.29 is 0 Å². The van der Waals surface area contributed by atoms with Crippen LogP contribution in [0.5, 0.6) is 0 Å². The van der Waals surface area contributed by atoms with Crippen LogP contribution in [0, 0.1) is 13.8 Å².